The second-order valence-electron chi connectivity index (χ2n) is 5.42. The SMILES string of the molecule is N#Cc1cccc(CNCC(O)COc2ccc3c(c2)OCO3)c1. The second-order valence-corrected chi connectivity index (χ2v) is 5.42. The maximum atomic E-state index is 9.99. The molecule has 1 heterocycles. The van der Waals surface area contributed by atoms with Crippen LogP contribution < -0.4 is 19.5 Å². The van der Waals surface area contributed by atoms with Crippen molar-refractivity contribution in [2.45, 2.75) is 12.6 Å². The molecule has 2 aromatic carbocycles. The molecule has 0 aromatic heterocycles. The van der Waals surface area contributed by atoms with Gasteiger partial charge in [-0.25, -0.2) is 0 Å². The van der Waals surface area contributed by atoms with Crippen LogP contribution >= 0.6 is 0 Å². The zero-order valence-electron chi connectivity index (χ0n) is 13.1. The van der Waals surface area contributed by atoms with E-state index in [0.29, 0.717) is 35.9 Å². The van der Waals surface area contributed by atoms with E-state index in [1.165, 1.54) is 0 Å². The van der Waals surface area contributed by atoms with Crippen LogP contribution in [0.25, 0.3) is 0 Å². The Morgan fingerprint density at radius 3 is 2.96 bits per heavy atom. The fourth-order valence-corrected chi connectivity index (χ4v) is 2.35. The summed E-state index contributed by atoms with van der Waals surface area (Å²) >= 11 is 0. The first-order valence-electron chi connectivity index (χ1n) is 7.65. The second kappa shape index (κ2) is 7.68. The highest BCUT2D eigenvalue weighted by molar-refractivity contribution is 5.46. The number of nitrogens with one attached hydrogen (secondary N) is 1. The minimum absolute atomic E-state index is 0.172. The maximum absolute atomic E-state index is 9.99. The van der Waals surface area contributed by atoms with Crippen LogP contribution in [0.4, 0.5) is 0 Å². The van der Waals surface area contributed by atoms with E-state index in [1.807, 2.05) is 18.2 Å². The third kappa shape index (κ3) is 4.16. The van der Waals surface area contributed by atoms with Crippen LogP contribution in [-0.4, -0.2) is 31.2 Å². The first-order valence-corrected chi connectivity index (χ1v) is 7.65. The highest BCUT2D eigenvalue weighted by atomic mass is 16.7. The van der Waals surface area contributed by atoms with Gasteiger partial charge in [0.15, 0.2) is 11.5 Å². The zero-order valence-corrected chi connectivity index (χ0v) is 13.1. The number of hydrogen-bond acceptors (Lipinski definition) is 6. The molecule has 0 fully saturated rings. The molecule has 6 nitrogen and oxygen atoms in total. The molecule has 0 amide bonds. The largest absolute Gasteiger partial charge is 0.491 e. The summed E-state index contributed by atoms with van der Waals surface area (Å²) in [5, 5.41) is 22.0. The molecular weight excluding hydrogens is 308 g/mol. The average Bonchev–Trinajstić information content (AvgIpc) is 3.08. The molecule has 2 N–H and O–H groups in total. The molecule has 0 bridgehead atoms. The maximum Gasteiger partial charge on any atom is 0.231 e. The number of aliphatic hydroxyl groups excluding tert-OH is 1. The summed E-state index contributed by atoms with van der Waals surface area (Å²) in [6, 6.07) is 14.8. The van der Waals surface area contributed by atoms with E-state index in [1.54, 1.807) is 24.3 Å². The van der Waals surface area contributed by atoms with E-state index in [-0.39, 0.29) is 13.4 Å². The van der Waals surface area contributed by atoms with E-state index in [2.05, 4.69) is 11.4 Å². The molecule has 6 heteroatoms. The van der Waals surface area contributed by atoms with Crippen LogP contribution in [-0.2, 0) is 6.54 Å². The summed E-state index contributed by atoms with van der Waals surface area (Å²) in [4.78, 5) is 0. The van der Waals surface area contributed by atoms with Gasteiger partial charge in [0.25, 0.3) is 0 Å². The third-order valence-electron chi connectivity index (χ3n) is 3.55. The van der Waals surface area contributed by atoms with Crippen LogP contribution in [0.1, 0.15) is 11.1 Å². The van der Waals surface area contributed by atoms with Crippen molar-refractivity contribution in [3.63, 3.8) is 0 Å². The summed E-state index contributed by atoms with van der Waals surface area (Å²) in [5.74, 6) is 1.97. The van der Waals surface area contributed by atoms with Crippen molar-refractivity contribution in [2.75, 3.05) is 19.9 Å². The van der Waals surface area contributed by atoms with Gasteiger partial charge < -0.3 is 24.6 Å². The molecule has 2 aromatic rings. The molecular formula is C18H18N2O4. The van der Waals surface area contributed by atoms with Crippen LogP contribution in [0.15, 0.2) is 42.5 Å². The fourth-order valence-electron chi connectivity index (χ4n) is 2.35. The van der Waals surface area contributed by atoms with Gasteiger partial charge in [-0.2, -0.15) is 5.26 Å². The molecule has 0 radical (unpaired) electrons. The Kier molecular flexibility index (Phi) is 5.16. The number of rotatable bonds is 7. The highest BCUT2D eigenvalue weighted by Gasteiger charge is 2.14. The molecule has 1 aliphatic heterocycles. The Bertz CT molecular complexity index is 742. The van der Waals surface area contributed by atoms with Crippen molar-refractivity contribution >= 4 is 0 Å². The Morgan fingerprint density at radius 2 is 2.08 bits per heavy atom. The van der Waals surface area contributed by atoms with Crippen LogP contribution in [0.5, 0.6) is 17.2 Å². The van der Waals surface area contributed by atoms with Crippen molar-refractivity contribution in [2.24, 2.45) is 0 Å². The lowest BCUT2D eigenvalue weighted by Gasteiger charge is -2.13. The molecule has 0 saturated carbocycles. The molecule has 0 aliphatic carbocycles. The van der Waals surface area contributed by atoms with Gasteiger partial charge in [0.2, 0.25) is 6.79 Å². The smallest absolute Gasteiger partial charge is 0.231 e. The number of nitriles is 1. The Balaban J connectivity index is 1.41. The number of ether oxygens (including phenoxy) is 3. The van der Waals surface area contributed by atoms with Gasteiger partial charge in [0, 0.05) is 19.2 Å². The lowest BCUT2D eigenvalue weighted by atomic mass is 10.1. The topological polar surface area (TPSA) is 83.7 Å². The summed E-state index contributed by atoms with van der Waals surface area (Å²) in [6.07, 6.45) is -0.644. The van der Waals surface area contributed by atoms with Gasteiger partial charge >= 0.3 is 0 Å². The molecule has 0 spiro atoms. The van der Waals surface area contributed by atoms with Crippen LogP contribution in [0, 0.1) is 11.3 Å². The summed E-state index contributed by atoms with van der Waals surface area (Å²) in [7, 11) is 0. The van der Waals surface area contributed by atoms with E-state index >= 15 is 0 Å². The fraction of sp³-hybridized carbons (Fsp3) is 0.278. The van der Waals surface area contributed by atoms with E-state index < -0.39 is 6.10 Å². The van der Waals surface area contributed by atoms with Gasteiger partial charge in [-0.15, -0.1) is 0 Å². The first kappa shape index (κ1) is 16.1. The molecule has 24 heavy (non-hydrogen) atoms. The molecule has 124 valence electrons. The van der Waals surface area contributed by atoms with Gasteiger partial charge in [-0.3, -0.25) is 0 Å². The average molecular weight is 326 g/mol. The van der Waals surface area contributed by atoms with Crippen molar-refractivity contribution in [1.82, 2.24) is 5.32 Å². The summed E-state index contributed by atoms with van der Waals surface area (Å²) in [5.41, 5.74) is 1.62. The molecule has 0 saturated heterocycles. The van der Waals surface area contributed by atoms with Gasteiger partial charge in [-0.1, -0.05) is 12.1 Å². The van der Waals surface area contributed by atoms with Crippen LogP contribution in [0.2, 0.25) is 0 Å². The minimum Gasteiger partial charge on any atom is -0.491 e. The van der Waals surface area contributed by atoms with E-state index in [9.17, 15) is 5.11 Å². The first-order chi connectivity index (χ1) is 11.7. The lowest BCUT2D eigenvalue weighted by molar-refractivity contribution is 0.106. The molecule has 1 atom stereocenters. The van der Waals surface area contributed by atoms with Gasteiger partial charge in [0.05, 0.1) is 11.6 Å². The van der Waals surface area contributed by atoms with Crippen molar-refractivity contribution in [1.29, 1.82) is 5.26 Å². The number of benzene rings is 2. The van der Waals surface area contributed by atoms with Crippen molar-refractivity contribution in [3.05, 3.63) is 53.6 Å². The zero-order chi connectivity index (χ0) is 16.8. The standard InChI is InChI=1S/C18H18N2O4/c19-8-13-2-1-3-14(6-13)9-20-10-15(21)11-22-16-4-5-17-18(7-16)24-12-23-17/h1-7,15,20-21H,9-12H2. The predicted octanol–water partition coefficient (Wildman–Crippen LogP) is 1.82. The number of aliphatic hydroxyl groups is 1. The quantitative estimate of drug-likeness (QED) is 0.807. The number of hydrogen-bond donors (Lipinski definition) is 2. The van der Waals surface area contributed by atoms with Crippen molar-refractivity contribution in [3.8, 4) is 23.3 Å². The number of fused-ring (bicyclic) bond motifs is 1. The van der Waals surface area contributed by atoms with Crippen molar-refractivity contribution < 1.29 is 19.3 Å². The molecule has 3 rings (SSSR count). The summed E-state index contributed by atoms with van der Waals surface area (Å²) in [6.45, 7) is 1.36. The number of nitrogens with zero attached hydrogens (tertiary/aromatic N) is 1. The summed E-state index contributed by atoms with van der Waals surface area (Å²) < 4.78 is 16.1. The van der Waals surface area contributed by atoms with Gasteiger partial charge in [0.1, 0.15) is 18.5 Å². The highest BCUT2D eigenvalue weighted by Crippen LogP contribution is 2.35. The molecule has 1 aliphatic rings. The van der Waals surface area contributed by atoms with E-state index in [4.69, 9.17) is 19.5 Å². The van der Waals surface area contributed by atoms with Gasteiger partial charge in [-0.05, 0) is 29.8 Å². The predicted molar refractivity (Wildman–Crippen MR) is 86.9 cm³/mol. The Hall–Kier alpha value is -2.75. The lowest BCUT2D eigenvalue weighted by Crippen LogP contribution is -2.31. The van der Waals surface area contributed by atoms with Crippen LogP contribution in [0.3, 0.4) is 0 Å². The molecule has 1 unspecified atom stereocenters. The van der Waals surface area contributed by atoms with E-state index in [0.717, 1.165) is 5.56 Å². The monoisotopic (exact) mass is 326 g/mol. The minimum atomic E-state index is -0.644. The normalized spacial score (nSPS) is 13.3. The Labute approximate surface area is 140 Å². The third-order valence-corrected chi connectivity index (χ3v) is 3.55. The Morgan fingerprint density at radius 1 is 1.21 bits per heavy atom.